The Hall–Kier alpha value is -4.18. The quantitative estimate of drug-likeness (QED) is 0.450. The van der Waals surface area contributed by atoms with E-state index in [1.807, 2.05) is 0 Å². The number of methoxy groups -OCH3 is 1. The van der Waals surface area contributed by atoms with Gasteiger partial charge in [-0.25, -0.2) is 9.80 Å². The maximum absolute atomic E-state index is 12.5. The van der Waals surface area contributed by atoms with Crippen LogP contribution in [0, 0.1) is 0 Å². The Labute approximate surface area is 183 Å². The highest BCUT2D eigenvalue weighted by atomic mass is 32.2. The standard InChI is InChI=1S/C22H17N3O6S/c1-31-19-12-14(6-11-18(19)26)13-23-25(16-9-7-15(8-10-16)22(27)28)21-17-4-2-3-5-20(17)32(29,30)24-21/h2-13,26H,1H3,(H,27,28)/b23-13+. The summed E-state index contributed by atoms with van der Waals surface area (Å²) in [5.41, 5.74) is 1.42. The highest BCUT2D eigenvalue weighted by molar-refractivity contribution is 7.90. The molecule has 3 aromatic carbocycles. The number of carboxylic acid groups (broad SMARTS) is 1. The van der Waals surface area contributed by atoms with Gasteiger partial charge in [0.25, 0.3) is 10.0 Å². The molecule has 0 atom stereocenters. The van der Waals surface area contributed by atoms with Crippen LogP contribution in [-0.4, -0.2) is 43.8 Å². The third kappa shape index (κ3) is 3.91. The number of ether oxygens (including phenoxy) is 1. The Morgan fingerprint density at radius 2 is 1.81 bits per heavy atom. The lowest BCUT2D eigenvalue weighted by Gasteiger charge is -2.19. The molecule has 0 bridgehead atoms. The van der Waals surface area contributed by atoms with E-state index in [2.05, 4.69) is 9.50 Å². The Balaban J connectivity index is 1.82. The number of anilines is 1. The second kappa shape index (κ2) is 8.16. The summed E-state index contributed by atoms with van der Waals surface area (Å²) >= 11 is 0. The Morgan fingerprint density at radius 3 is 2.50 bits per heavy atom. The Morgan fingerprint density at radius 1 is 1.09 bits per heavy atom. The van der Waals surface area contributed by atoms with E-state index in [0.717, 1.165) is 0 Å². The summed E-state index contributed by atoms with van der Waals surface area (Å²) in [5.74, 6) is -0.803. The number of phenols is 1. The van der Waals surface area contributed by atoms with E-state index in [1.165, 1.54) is 54.7 Å². The van der Waals surface area contributed by atoms with Gasteiger partial charge in [-0.3, -0.25) is 0 Å². The molecule has 1 aliphatic rings. The van der Waals surface area contributed by atoms with Gasteiger partial charge in [-0.1, -0.05) is 12.1 Å². The molecule has 10 heteroatoms. The SMILES string of the molecule is COc1cc(/C=N/N(C2=NS(=O)(=O)c3ccccc32)c2ccc(C(=O)O)cc2)ccc1O. The number of carbonyl (C=O) groups is 1. The van der Waals surface area contributed by atoms with Crippen LogP contribution in [0.25, 0.3) is 0 Å². The van der Waals surface area contributed by atoms with Crippen LogP contribution in [0.5, 0.6) is 11.5 Å². The first kappa shape index (κ1) is 21.1. The minimum atomic E-state index is -3.90. The van der Waals surface area contributed by atoms with Gasteiger partial charge in [-0.15, -0.1) is 4.40 Å². The number of fused-ring (bicyclic) bond motifs is 1. The third-order valence-electron chi connectivity index (χ3n) is 4.70. The number of hydrogen-bond acceptors (Lipinski definition) is 7. The molecule has 0 saturated heterocycles. The van der Waals surface area contributed by atoms with Crippen molar-refractivity contribution in [1.29, 1.82) is 0 Å². The van der Waals surface area contributed by atoms with Crippen molar-refractivity contribution in [2.24, 2.45) is 9.50 Å². The molecule has 0 unspecified atom stereocenters. The first-order chi connectivity index (χ1) is 15.3. The van der Waals surface area contributed by atoms with E-state index in [9.17, 15) is 18.3 Å². The van der Waals surface area contributed by atoms with Gasteiger partial charge in [-0.2, -0.15) is 13.5 Å². The van der Waals surface area contributed by atoms with E-state index in [-0.39, 0.29) is 27.8 Å². The van der Waals surface area contributed by atoms with Crippen LogP contribution in [0.15, 0.2) is 81.1 Å². The smallest absolute Gasteiger partial charge is 0.335 e. The lowest BCUT2D eigenvalue weighted by molar-refractivity contribution is 0.0697. The summed E-state index contributed by atoms with van der Waals surface area (Å²) in [7, 11) is -2.49. The van der Waals surface area contributed by atoms with Crippen LogP contribution in [-0.2, 0) is 10.0 Å². The number of sulfonamides is 1. The van der Waals surface area contributed by atoms with Crippen molar-refractivity contribution in [3.05, 3.63) is 83.4 Å². The van der Waals surface area contributed by atoms with E-state index in [0.29, 0.717) is 16.8 Å². The van der Waals surface area contributed by atoms with Crippen molar-refractivity contribution in [3.63, 3.8) is 0 Å². The van der Waals surface area contributed by atoms with Crippen molar-refractivity contribution in [1.82, 2.24) is 0 Å². The van der Waals surface area contributed by atoms with Crippen LogP contribution in [0.2, 0.25) is 0 Å². The maximum atomic E-state index is 12.5. The van der Waals surface area contributed by atoms with Crippen LogP contribution >= 0.6 is 0 Å². The minimum absolute atomic E-state index is 0.0362. The van der Waals surface area contributed by atoms with Gasteiger partial charge in [0.05, 0.1) is 24.6 Å². The summed E-state index contributed by atoms with van der Waals surface area (Å²) in [4.78, 5) is 11.3. The number of hydrogen-bond donors (Lipinski definition) is 2. The second-order valence-corrected chi connectivity index (χ2v) is 8.30. The number of hydrazone groups is 1. The molecule has 0 spiro atoms. The van der Waals surface area contributed by atoms with Gasteiger partial charge in [-0.05, 0) is 60.2 Å². The monoisotopic (exact) mass is 451 g/mol. The minimum Gasteiger partial charge on any atom is -0.504 e. The highest BCUT2D eigenvalue weighted by Gasteiger charge is 2.32. The predicted octanol–water partition coefficient (Wildman–Crippen LogP) is 3.09. The molecule has 9 nitrogen and oxygen atoms in total. The molecule has 1 heterocycles. The van der Waals surface area contributed by atoms with Gasteiger partial charge >= 0.3 is 5.97 Å². The van der Waals surface area contributed by atoms with Crippen molar-refractivity contribution < 1.29 is 28.2 Å². The van der Waals surface area contributed by atoms with Gasteiger partial charge in [0, 0.05) is 5.56 Å². The average Bonchev–Trinajstić information content (AvgIpc) is 3.06. The fraction of sp³-hybridized carbons (Fsp3) is 0.0455. The molecule has 0 fully saturated rings. The normalized spacial score (nSPS) is 14.1. The topological polar surface area (TPSA) is 129 Å². The number of carboxylic acids is 1. The van der Waals surface area contributed by atoms with Gasteiger partial charge in [0.1, 0.15) is 4.90 Å². The number of rotatable bonds is 5. The van der Waals surface area contributed by atoms with E-state index in [1.54, 1.807) is 30.3 Å². The summed E-state index contributed by atoms with van der Waals surface area (Å²) in [5, 5.41) is 24.7. The molecule has 2 N–H and O–H groups in total. The molecule has 4 rings (SSSR count). The van der Waals surface area contributed by atoms with E-state index < -0.39 is 16.0 Å². The first-order valence-electron chi connectivity index (χ1n) is 9.29. The predicted molar refractivity (Wildman–Crippen MR) is 118 cm³/mol. The molecule has 1 aliphatic heterocycles. The number of nitrogens with zero attached hydrogens (tertiary/aromatic N) is 3. The van der Waals surface area contributed by atoms with E-state index in [4.69, 9.17) is 9.84 Å². The summed E-state index contributed by atoms with van der Waals surface area (Å²) < 4.78 is 34.1. The number of aromatic carboxylic acids is 1. The summed E-state index contributed by atoms with van der Waals surface area (Å²) in [6.45, 7) is 0. The fourth-order valence-electron chi connectivity index (χ4n) is 3.13. The lowest BCUT2D eigenvalue weighted by Crippen LogP contribution is -2.25. The molecular formula is C22H17N3O6S. The summed E-state index contributed by atoms with van der Waals surface area (Å²) in [6.07, 6.45) is 1.45. The van der Waals surface area contributed by atoms with Gasteiger partial charge in [0.2, 0.25) is 0 Å². The van der Waals surface area contributed by atoms with Gasteiger partial charge in [0.15, 0.2) is 17.3 Å². The van der Waals surface area contributed by atoms with Crippen molar-refractivity contribution in [2.45, 2.75) is 4.90 Å². The summed E-state index contributed by atoms with van der Waals surface area (Å²) in [6, 6.07) is 16.8. The Bertz CT molecular complexity index is 1360. The van der Waals surface area contributed by atoms with E-state index >= 15 is 0 Å². The largest absolute Gasteiger partial charge is 0.504 e. The molecule has 162 valence electrons. The Kier molecular flexibility index (Phi) is 5.37. The zero-order valence-electron chi connectivity index (χ0n) is 16.7. The van der Waals surface area contributed by atoms with Crippen LogP contribution in [0.1, 0.15) is 21.5 Å². The number of phenolic OH excluding ortho intramolecular Hbond substituents is 1. The number of benzene rings is 3. The zero-order valence-corrected chi connectivity index (χ0v) is 17.5. The molecule has 0 radical (unpaired) electrons. The van der Waals surface area contributed by atoms with Crippen LogP contribution in [0.3, 0.4) is 0 Å². The van der Waals surface area contributed by atoms with Gasteiger partial charge < -0.3 is 14.9 Å². The molecule has 3 aromatic rings. The maximum Gasteiger partial charge on any atom is 0.335 e. The van der Waals surface area contributed by atoms with Crippen molar-refractivity contribution in [2.75, 3.05) is 12.1 Å². The fourth-order valence-corrected chi connectivity index (χ4v) is 4.32. The lowest BCUT2D eigenvalue weighted by atomic mass is 10.1. The zero-order chi connectivity index (χ0) is 22.9. The highest BCUT2D eigenvalue weighted by Crippen LogP contribution is 2.31. The number of aromatic hydroxyl groups is 1. The number of amidine groups is 1. The first-order valence-corrected chi connectivity index (χ1v) is 10.7. The average molecular weight is 451 g/mol. The molecule has 0 aliphatic carbocycles. The third-order valence-corrected chi connectivity index (χ3v) is 6.02. The van der Waals surface area contributed by atoms with Crippen LogP contribution in [0.4, 0.5) is 5.69 Å². The molecule has 0 aromatic heterocycles. The molecule has 0 amide bonds. The molecular weight excluding hydrogens is 434 g/mol. The van der Waals surface area contributed by atoms with Crippen molar-refractivity contribution in [3.8, 4) is 11.5 Å². The second-order valence-electron chi connectivity index (χ2n) is 6.73. The molecule has 32 heavy (non-hydrogen) atoms. The molecule has 0 saturated carbocycles. The van der Waals surface area contributed by atoms with Crippen LogP contribution < -0.4 is 9.75 Å². The van der Waals surface area contributed by atoms with Crippen molar-refractivity contribution >= 4 is 33.7 Å².